The summed E-state index contributed by atoms with van der Waals surface area (Å²) in [5, 5.41) is 11.6. The molecule has 0 aromatic heterocycles. The largest absolute Gasteiger partial charge is 0.449 e. The van der Waals surface area contributed by atoms with Crippen LogP contribution in [0.4, 0.5) is 5.69 Å². The molecule has 1 atom stereocenters. The summed E-state index contributed by atoms with van der Waals surface area (Å²) in [4.78, 5) is 38.0. The predicted octanol–water partition coefficient (Wildman–Crippen LogP) is 4.28. The number of carbonyl (C=O) groups is 3. The lowest BCUT2D eigenvalue weighted by Crippen LogP contribution is -2.30. The van der Waals surface area contributed by atoms with Crippen LogP contribution in [0.15, 0.2) is 72.8 Å². The minimum absolute atomic E-state index is 0.0826. The molecule has 0 fully saturated rings. The summed E-state index contributed by atoms with van der Waals surface area (Å²) in [6.45, 7) is 3.36. The number of rotatable bonds is 6. The zero-order valence-electron chi connectivity index (χ0n) is 17.1. The van der Waals surface area contributed by atoms with E-state index in [1.54, 1.807) is 48.5 Å². The summed E-state index contributed by atoms with van der Waals surface area (Å²) in [7, 11) is 0. The maximum Gasteiger partial charge on any atom is 0.339 e. The molecule has 3 rings (SSSR count). The molecular weight excluding hydrogens is 392 g/mol. The smallest absolute Gasteiger partial charge is 0.339 e. The molecule has 0 saturated carbocycles. The van der Waals surface area contributed by atoms with Gasteiger partial charge in [0.05, 0.1) is 17.2 Å². The second-order valence-corrected chi connectivity index (χ2v) is 6.97. The van der Waals surface area contributed by atoms with Gasteiger partial charge in [0, 0.05) is 16.8 Å². The summed E-state index contributed by atoms with van der Waals surface area (Å²) in [6.07, 6.45) is -1.11. The van der Waals surface area contributed by atoms with E-state index in [2.05, 4.69) is 5.32 Å². The monoisotopic (exact) mass is 412 g/mol. The van der Waals surface area contributed by atoms with E-state index in [1.807, 2.05) is 25.1 Å². The molecule has 1 amide bonds. The third-order valence-electron chi connectivity index (χ3n) is 4.62. The molecule has 6 heteroatoms. The number of anilines is 1. The number of carbonyl (C=O) groups excluding carboxylic acids is 3. The van der Waals surface area contributed by atoms with Gasteiger partial charge in [-0.2, -0.15) is 5.26 Å². The van der Waals surface area contributed by atoms with Crippen LogP contribution in [-0.4, -0.2) is 23.8 Å². The first kappa shape index (κ1) is 21.5. The van der Waals surface area contributed by atoms with Gasteiger partial charge in [0.25, 0.3) is 5.91 Å². The number of esters is 1. The van der Waals surface area contributed by atoms with Crippen LogP contribution >= 0.6 is 0 Å². The molecule has 3 aromatic carbocycles. The molecule has 0 heterocycles. The van der Waals surface area contributed by atoms with Gasteiger partial charge in [-0.1, -0.05) is 54.1 Å². The number of hydrogen-bond donors (Lipinski definition) is 1. The number of nitrogens with zero attached hydrogens (tertiary/aromatic N) is 1. The highest BCUT2D eigenvalue weighted by Crippen LogP contribution is 2.18. The van der Waals surface area contributed by atoms with Crippen molar-refractivity contribution in [2.75, 3.05) is 5.32 Å². The second kappa shape index (κ2) is 9.51. The molecular formula is C25H20N2O4. The molecule has 31 heavy (non-hydrogen) atoms. The van der Waals surface area contributed by atoms with E-state index in [1.165, 1.54) is 19.1 Å². The normalized spacial score (nSPS) is 11.1. The zero-order valence-corrected chi connectivity index (χ0v) is 17.1. The average Bonchev–Trinajstić information content (AvgIpc) is 2.79. The third kappa shape index (κ3) is 5.22. The molecule has 6 nitrogen and oxygen atoms in total. The van der Waals surface area contributed by atoms with E-state index in [4.69, 9.17) is 10.00 Å². The lowest BCUT2D eigenvalue weighted by molar-refractivity contribution is -0.123. The molecule has 0 radical (unpaired) electrons. The van der Waals surface area contributed by atoms with Crippen molar-refractivity contribution < 1.29 is 19.1 Å². The Kier molecular flexibility index (Phi) is 6.58. The number of nitriles is 1. The SMILES string of the molecule is Cc1ccc(C(=O)c2ccccc2C(=O)O[C@H](C)C(=O)Nc2cccc(C#N)c2)cc1. The van der Waals surface area contributed by atoms with Gasteiger partial charge >= 0.3 is 5.97 Å². The quantitative estimate of drug-likeness (QED) is 0.481. The summed E-state index contributed by atoms with van der Waals surface area (Å²) in [5.74, 6) is -1.63. The van der Waals surface area contributed by atoms with Gasteiger partial charge in [-0.3, -0.25) is 9.59 Å². The molecule has 0 spiro atoms. The highest BCUT2D eigenvalue weighted by atomic mass is 16.5. The molecule has 0 aliphatic rings. The van der Waals surface area contributed by atoms with Crippen molar-refractivity contribution in [2.45, 2.75) is 20.0 Å². The number of ketones is 1. The Morgan fingerprint density at radius 3 is 2.29 bits per heavy atom. The summed E-state index contributed by atoms with van der Waals surface area (Å²) >= 11 is 0. The fourth-order valence-corrected chi connectivity index (χ4v) is 2.91. The van der Waals surface area contributed by atoms with Gasteiger partial charge < -0.3 is 10.1 Å². The number of ether oxygens (including phenoxy) is 1. The van der Waals surface area contributed by atoms with E-state index in [-0.39, 0.29) is 16.9 Å². The predicted molar refractivity (Wildman–Crippen MR) is 116 cm³/mol. The first-order chi connectivity index (χ1) is 14.9. The van der Waals surface area contributed by atoms with Crippen molar-refractivity contribution >= 4 is 23.3 Å². The highest BCUT2D eigenvalue weighted by Gasteiger charge is 2.23. The van der Waals surface area contributed by atoms with E-state index >= 15 is 0 Å². The topological polar surface area (TPSA) is 96.3 Å². The van der Waals surface area contributed by atoms with Gasteiger partial charge in [0.15, 0.2) is 11.9 Å². The van der Waals surface area contributed by atoms with Gasteiger partial charge in [-0.15, -0.1) is 0 Å². The van der Waals surface area contributed by atoms with Crippen molar-refractivity contribution in [2.24, 2.45) is 0 Å². The fourth-order valence-electron chi connectivity index (χ4n) is 2.91. The molecule has 154 valence electrons. The molecule has 0 saturated heterocycles. The summed E-state index contributed by atoms with van der Waals surface area (Å²) < 4.78 is 5.30. The minimum atomic E-state index is -1.11. The summed E-state index contributed by atoms with van der Waals surface area (Å²) in [6, 6.07) is 21.8. The van der Waals surface area contributed by atoms with Crippen molar-refractivity contribution in [3.63, 3.8) is 0 Å². The van der Waals surface area contributed by atoms with Crippen LogP contribution in [0, 0.1) is 18.3 Å². The van der Waals surface area contributed by atoms with Gasteiger partial charge in [0.1, 0.15) is 0 Å². The zero-order chi connectivity index (χ0) is 22.4. The number of aryl methyl sites for hydroxylation is 1. The van der Waals surface area contributed by atoms with Crippen LogP contribution in [0.2, 0.25) is 0 Å². The fraction of sp³-hybridized carbons (Fsp3) is 0.120. The maximum absolute atomic E-state index is 12.9. The van der Waals surface area contributed by atoms with Crippen molar-refractivity contribution in [1.29, 1.82) is 5.26 Å². The Labute approximate surface area is 180 Å². The molecule has 1 N–H and O–H groups in total. The van der Waals surface area contributed by atoms with E-state index in [0.29, 0.717) is 16.8 Å². The van der Waals surface area contributed by atoms with Crippen LogP contribution in [0.1, 0.15) is 44.3 Å². The van der Waals surface area contributed by atoms with Crippen LogP contribution in [-0.2, 0) is 9.53 Å². The summed E-state index contributed by atoms with van der Waals surface area (Å²) in [5.41, 5.74) is 2.57. The van der Waals surface area contributed by atoms with Crippen LogP contribution < -0.4 is 5.32 Å². The molecule has 0 aliphatic carbocycles. The maximum atomic E-state index is 12.9. The minimum Gasteiger partial charge on any atom is -0.449 e. The highest BCUT2D eigenvalue weighted by molar-refractivity contribution is 6.14. The van der Waals surface area contributed by atoms with Crippen molar-refractivity contribution in [3.05, 3.63) is 101 Å². The second-order valence-electron chi connectivity index (χ2n) is 6.97. The third-order valence-corrected chi connectivity index (χ3v) is 4.62. The van der Waals surface area contributed by atoms with Gasteiger partial charge in [-0.05, 0) is 38.1 Å². The van der Waals surface area contributed by atoms with E-state index in [0.717, 1.165) is 5.56 Å². The molecule has 0 unspecified atom stereocenters. The number of hydrogen-bond acceptors (Lipinski definition) is 5. The molecule has 3 aromatic rings. The standard InChI is InChI=1S/C25H20N2O4/c1-16-10-12-19(13-11-16)23(28)21-8-3-4-9-22(21)25(30)31-17(2)24(29)27-20-7-5-6-18(14-20)15-26/h3-14,17H,1-2H3,(H,27,29)/t17-/m1/s1. The Bertz CT molecular complexity index is 1180. The molecule has 0 bridgehead atoms. The van der Waals surface area contributed by atoms with Gasteiger partial charge in [-0.25, -0.2) is 4.79 Å². The number of benzene rings is 3. The van der Waals surface area contributed by atoms with E-state index < -0.39 is 18.0 Å². The average molecular weight is 412 g/mol. The Morgan fingerprint density at radius 2 is 1.61 bits per heavy atom. The van der Waals surface area contributed by atoms with Crippen LogP contribution in [0.25, 0.3) is 0 Å². The lowest BCUT2D eigenvalue weighted by atomic mass is 9.98. The first-order valence-corrected chi connectivity index (χ1v) is 9.61. The molecule has 0 aliphatic heterocycles. The first-order valence-electron chi connectivity index (χ1n) is 9.61. The Balaban J connectivity index is 1.74. The van der Waals surface area contributed by atoms with Crippen molar-refractivity contribution in [1.82, 2.24) is 0 Å². The Morgan fingerprint density at radius 1 is 0.935 bits per heavy atom. The Hall–Kier alpha value is -4.24. The van der Waals surface area contributed by atoms with E-state index in [9.17, 15) is 14.4 Å². The van der Waals surface area contributed by atoms with Crippen LogP contribution in [0.3, 0.4) is 0 Å². The van der Waals surface area contributed by atoms with Crippen LogP contribution in [0.5, 0.6) is 0 Å². The van der Waals surface area contributed by atoms with Crippen molar-refractivity contribution in [3.8, 4) is 6.07 Å². The lowest BCUT2D eigenvalue weighted by Gasteiger charge is -2.15. The van der Waals surface area contributed by atoms with Gasteiger partial charge in [0.2, 0.25) is 0 Å². The number of nitrogens with one attached hydrogen (secondary N) is 1. The number of amides is 1.